The Morgan fingerprint density at radius 2 is 2.18 bits per heavy atom. The number of rotatable bonds is 3. The molecule has 0 fully saturated rings. The predicted octanol–water partition coefficient (Wildman–Crippen LogP) is 2.64. The van der Waals surface area contributed by atoms with Crippen molar-refractivity contribution >= 4 is 16.9 Å². The maximum Gasteiger partial charge on any atom is 0.278 e. The second-order valence-electron chi connectivity index (χ2n) is 4.32. The third kappa shape index (κ3) is 2.84. The molecule has 17 heavy (non-hydrogen) atoms. The van der Waals surface area contributed by atoms with Gasteiger partial charge in [0.1, 0.15) is 5.58 Å². The molecule has 1 N–H and O–H groups in total. The zero-order valence-corrected chi connectivity index (χ0v) is 9.79. The molecule has 90 valence electrons. The molecule has 0 aliphatic carbocycles. The van der Waals surface area contributed by atoms with Gasteiger partial charge in [0, 0.05) is 17.5 Å². The van der Waals surface area contributed by atoms with Gasteiger partial charge in [-0.2, -0.15) is 4.39 Å². The van der Waals surface area contributed by atoms with E-state index in [1.807, 2.05) is 13.8 Å². The molecule has 0 saturated carbocycles. The first kappa shape index (κ1) is 11.6. The van der Waals surface area contributed by atoms with E-state index in [4.69, 9.17) is 4.42 Å². The first-order valence-electron chi connectivity index (χ1n) is 5.52. The Morgan fingerprint density at radius 3 is 2.88 bits per heavy atom. The van der Waals surface area contributed by atoms with Crippen molar-refractivity contribution < 1.29 is 13.6 Å². The van der Waals surface area contributed by atoms with Gasteiger partial charge in [0.2, 0.25) is 5.91 Å². The molecule has 2 rings (SSSR count). The monoisotopic (exact) mass is 235 g/mol. The van der Waals surface area contributed by atoms with Crippen molar-refractivity contribution in [3.63, 3.8) is 0 Å². The zero-order chi connectivity index (χ0) is 12.4. The van der Waals surface area contributed by atoms with Crippen LogP contribution in [0.2, 0.25) is 0 Å². The minimum absolute atomic E-state index is 0.0386. The van der Waals surface area contributed by atoms with Gasteiger partial charge in [-0.05, 0) is 31.5 Å². The average Bonchev–Trinajstić information content (AvgIpc) is 2.55. The van der Waals surface area contributed by atoms with E-state index in [-0.39, 0.29) is 11.9 Å². The molecule has 1 heterocycles. The van der Waals surface area contributed by atoms with Crippen molar-refractivity contribution in [2.45, 2.75) is 26.3 Å². The maximum atomic E-state index is 12.8. The number of carbonyl (C=O) groups is 1. The van der Waals surface area contributed by atoms with E-state index in [2.05, 4.69) is 5.32 Å². The zero-order valence-electron chi connectivity index (χ0n) is 9.79. The van der Waals surface area contributed by atoms with E-state index < -0.39 is 6.01 Å². The predicted molar refractivity (Wildman–Crippen MR) is 63.2 cm³/mol. The Labute approximate surface area is 98.6 Å². The number of carbonyl (C=O) groups excluding carboxylic acids is 1. The fourth-order valence-corrected chi connectivity index (χ4v) is 1.73. The Kier molecular flexibility index (Phi) is 3.13. The molecular weight excluding hydrogens is 221 g/mol. The van der Waals surface area contributed by atoms with Gasteiger partial charge in [0.15, 0.2) is 0 Å². The fraction of sp³-hybridized carbons (Fsp3) is 0.308. The summed E-state index contributed by atoms with van der Waals surface area (Å²) in [4.78, 5) is 11.6. The molecule has 0 radical (unpaired) electrons. The van der Waals surface area contributed by atoms with E-state index in [1.165, 1.54) is 6.07 Å². The molecule has 0 aliphatic rings. The van der Waals surface area contributed by atoms with Crippen molar-refractivity contribution in [1.82, 2.24) is 5.32 Å². The number of benzene rings is 1. The number of amides is 1. The highest BCUT2D eigenvalue weighted by molar-refractivity contribution is 5.82. The number of hydrogen-bond donors (Lipinski definition) is 1. The van der Waals surface area contributed by atoms with E-state index in [9.17, 15) is 9.18 Å². The van der Waals surface area contributed by atoms with Crippen LogP contribution in [0.5, 0.6) is 0 Å². The Hall–Kier alpha value is -1.84. The van der Waals surface area contributed by atoms with Crippen LogP contribution in [0.15, 0.2) is 28.7 Å². The number of nitrogens with one attached hydrogen (secondary N) is 1. The summed E-state index contributed by atoms with van der Waals surface area (Å²) in [6.45, 7) is 3.82. The van der Waals surface area contributed by atoms with Gasteiger partial charge in [-0.15, -0.1) is 0 Å². The highest BCUT2D eigenvalue weighted by Crippen LogP contribution is 2.19. The van der Waals surface area contributed by atoms with Crippen LogP contribution in [0, 0.1) is 6.01 Å². The van der Waals surface area contributed by atoms with Crippen LogP contribution in [-0.2, 0) is 11.2 Å². The molecule has 3 nitrogen and oxygen atoms in total. The van der Waals surface area contributed by atoms with Crippen molar-refractivity contribution in [2.24, 2.45) is 0 Å². The summed E-state index contributed by atoms with van der Waals surface area (Å²) in [5.74, 6) is -0.0386. The molecule has 1 aromatic carbocycles. The first-order valence-corrected chi connectivity index (χ1v) is 5.52. The van der Waals surface area contributed by atoms with Gasteiger partial charge < -0.3 is 9.73 Å². The van der Waals surface area contributed by atoms with Crippen molar-refractivity contribution in [3.8, 4) is 0 Å². The molecule has 0 saturated heterocycles. The molecule has 0 bridgehead atoms. The third-order valence-corrected chi connectivity index (χ3v) is 2.36. The quantitative estimate of drug-likeness (QED) is 0.888. The number of furan rings is 1. The molecule has 1 amide bonds. The third-order valence-electron chi connectivity index (χ3n) is 2.36. The molecule has 0 aliphatic heterocycles. The summed E-state index contributed by atoms with van der Waals surface area (Å²) in [5.41, 5.74) is 1.34. The van der Waals surface area contributed by atoms with Gasteiger partial charge in [-0.1, -0.05) is 6.07 Å². The standard InChI is InChI=1S/C13H14FNO2/c1-8(2)15-13(16)6-9-3-4-11-10(5-9)7-12(14)17-11/h3-5,7-8H,6H2,1-2H3,(H,15,16). The Balaban J connectivity index is 2.16. The highest BCUT2D eigenvalue weighted by Gasteiger charge is 2.07. The van der Waals surface area contributed by atoms with Crippen LogP contribution in [0.4, 0.5) is 4.39 Å². The highest BCUT2D eigenvalue weighted by atomic mass is 19.1. The van der Waals surface area contributed by atoms with Crippen LogP contribution < -0.4 is 5.32 Å². The molecule has 0 unspecified atom stereocenters. The summed E-state index contributed by atoms with van der Waals surface area (Å²) >= 11 is 0. The van der Waals surface area contributed by atoms with Crippen LogP contribution in [0.3, 0.4) is 0 Å². The van der Waals surface area contributed by atoms with E-state index >= 15 is 0 Å². The second kappa shape index (κ2) is 4.57. The number of halogens is 1. The van der Waals surface area contributed by atoms with Crippen molar-refractivity contribution in [2.75, 3.05) is 0 Å². The summed E-state index contributed by atoms with van der Waals surface area (Å²) in [6, 6.07) is 6.05. The molecule has 2 aromatic rings. The number of hydrogen-bond acceptors (Lipinski definition) is 2. The van der Waals surface area contributed by atoms with Crippen LogP contribution in [-0.4, -0.2) is 11.9 Å². The lowest BCUT2D eigenvalue weighted by Gasteiger charge is -2.07. The molecule has 0 spiro atoms. The van der Waals surface area contributed by atoms with Crippen LogP contribution >= 0.6 is 0 Å². The normalized spacial score (nSPS) is 11.1. The van der Waals surface area contributed by atoms with Crippen molar-refractivity contribution in [3.05, 3.63) is 35.8 Å². The van der Waals surface area contributed by atoms with E-state index in [0.29, 0.717) is 17.4 Å². The van der Waals surface area contributed by atoms with Crippen molar-refractivity contribution in [1.29, 1.82) is 0 Å². The molecule has 0 atom stereocenters. The minimum Gasteiger partial charge on any atom is -0.431 e. The average molecular weight is 235 g/mol. The Morgan fingerprint density at radius 1 is 1.41 bits per heavy atom. The minimum atomic E-state index is -0.608. The lowest BCUT2D eigenvalue weighted by atomic mass is 10.1. The summed E-state index contributed by atoms with van der Waals surface area (Å²) in [6.07, 6.45) is 0.293. The van der Waals surface area contributed by atoms with Gasteiger partial charge in [0.25, 0.3) is 6.01 Å². The van der Waals surface area contributed by atoms with Gasteiger partial charge in [-0.25, -0.2) is 0 Å². The van der Waals surface area contributed by atoms with E-state index in [1.54, 1.807) is 18.2 Å². The smallest absolute Gasteiger partial charge is 0.278 e. The summed E-state index contributed by atoms with van der Waals surface area (Å²) in [7, 11) is 0. The van der Waals surface area contributed by atoms with Crippen LogP contribution in [0.1, 0.15) is 19.4 Å². The topological polar surface area (TPSA) is 42.2 Å². The van der Waals surface area contributed by atoms with Gasteiger partial charge in [-0.3, -0.25) is 4.79 Å². The van der Waals surface area contributed by atoms with Gasteiger partial charge in [0.05, 0.1) is 6.42 Å². The lowest BCUT2D eigenvalue weighted by Crippen LogP contribution is -2.31. The number of fused-ring (bicyclic) bond motifs is 1. The van der Waals surface area contributed by atoms with Gasteiger partial charge >= 0.3 is 0 Å². The molecular formula is C13H14FNO2. The fourth-order valence-electron chi connectivity index (χ4n) is 1.73. The van der Waals surface area contributed by atoms with Crippen LogP contribution in [0.25, 0.3) is 11.0 Å². The Bertz CT molecular complexity index is 545. The largest absolute Gasteiger partial charge is 0.431 e. The summed E-state index contributed by atoms with van der Waals surface area (Å²) in [5, 5.41) is 3.49. The SMILES string of the molecule is CC(C)NC(=O)Cc1ccc2oc(F)cc2c1. The molecule has 4 heteroatoms. The maximum absolute atomic E-state index is 12.8. The molecule has 1 aromatic heterocycles. The first-order chi connectivity index (χ1) is 8.04. The van der Waals surface area contributed by atoms with E-state index in [0.717, 1.165) is 5.56 Å². The lowest BCUT2D eigenvalue weighted by molar-refractivity contribution is -0.120. The second-order valence-corrected chi connectivity index (χ2v) is 4.32. The summed E-state index contributed by atoms with van der Waals surface area (Å²) < 4.78 is 17.7.